The molecule has 0 saturated carbocycles. The molecule has 7 heteroatoms. The van der Waals surface area contributed by atoms with Gasteiger partial charge < -0.3 is 5.32 Å². The normalized spacial score (nSPS) is 10.6. The van der Waals surface area contributed by atoms with Crippen molar-refractivity contribution < 1.29 is 0 Å². The third kappa shape index (κ3) is 3.35. The molecular weight excluding hydrogens is 288 g/mol. The number of hydrogen-bond donors (Lipinski definition) is 1. The number of aryl methyl sites for hydroxylation is 1. The molecule has 0 aromatic carbocycles. The van der Waals surface area contributed by atoms with Gasteiger partial charge in [-0.25, -0.2) is 9.97 Å². The zero-order chi connectivity index (χ0) is 14.7. The molecule has 0 aliphatic rings. The van der Waals surface area contributed by atoms with Crippen LogP contribution in [0.25, 0.3) is 11.3 Å². The Morgan fingerprint density at radius 2 is 2.00 bits per heavy atom. The van der Waals surface area contributed by atoms with Gasteiger partial charge in [-0.05, 0) is 17.7 Å². The number of rotatable bonds is 4. The van der Waals surface area contributed by atoms with Gasteiger partial charge in [-0.1, -0.05) is 11.6 Å². The summed E-state index contributed by atoms with van der Waals surface area (Å²) in [6.07, 6.45) is 8.63. The maximum absolute atomic E-state index is 5.75. The molecule has 0 unspecified atom stereocenters. The van der Waals surface area contributed by atoms with Gasteiger partial charge in [0, 0.05) is 31.5 Å². The highest BCUT2D eigenvalue weighted by Crippen LogP contribution is 2.17. The van der Waals surface area contributed by atoms with Crippen LogP contribution in [0.5, 0.6) is 0 Å². The van der Waals surface area contributed by atoms with Gasteiger partial charge in [-0.3, -0.25) is 9.67 Å². The predicted octanol–water partition coefficient (Wildman–Crippen LogP) is 2.54. The second-order valence-electron chi connectivity index (χ2n) is 4.53. The van der Waals surface area contributed by atoms with Crippen molar-refractivity contribution in [3.8, 4) is 11.3 Å². The summed E-state index contributed by atoms with van der Waals surface area (Å²) >= 11 is 5.75. The number of halogens is 1. The van der Waals surface area contributed by atoms with E-state index in [9.17, 15) is 0 Å². The Morgan fingerprint density at radius 1 is 1.19 bits per heavy atom. The molecule has 21 heavy (non-hydrogen) atoms. The molecule has 3 heterocycles. The molecule has 6 nitrogen and oxygen atoms in total. The van der Waals surface area contributed by atoms with E-state index in [2.05, 4.69) is 25.4 Å². The van der Waals surface area contributed by atoms with Crippen LogP contribution >= 0.6 is 11.6 Å². The molecule has 0 amide bonds. The minimum atomic E-state index is 0.517. The quantitative estimate of drug-likeness (QED) is 0.802. The molecule has 0 saturated heterocycles. The van der Waals surface area contributed by atoms with Gasteiger partial charge in [-0.15, -0.1) is 0 Å². The van der Waals surface area contributed by atoms with Crippen LogP contribution in [-0.2, 0) is 13.6 Å². The van der Waals surface area contributed by atoms with Gasteiger partial charge in [0.25, 0.3) is 0 Å². The number of anilines is 1. The van der Waals surface area contributed by atoms with E-state index in [0.717, 1.165) is 16.8 Å². The Kier molecular flexibility index (Phi) is 3.79. The minimum Gasteiger partial charge on any atom is -0.350 e. The van der Waals surface area contributed by atoms with Gasteiger partial charge in [0.05, 0.1) is 29.3 Å². The van der Waals surface area contributed by atoms with Crippen molar-refractivity contribution in [3.05, 3.63) is 53.7 Å². The maximum atomic E-state index is 5.75. The molecule has 3 rings (SSSR count). The second-order valence-corrected chi connectivity index (χ2v) is 4.97. The van der Waals surface area contributed by atoms with E-state index in [0.29, 0.717) is 17.5 Å². The molecular formula is C14H13ClN6. The largest absolute Gasteiger partial charge is 0.350 e. The standard InChI is InChI=1S/C14H13ClN6/c1-21-9-11(6-20-21)13-4-10(2-3-16-13)5-17-14-18-7-12(15)8-19-14/h2-4,6-9H,5H2,1H3,(H,17,18,19). The third-order valence-corrected chi connectivity index (χ3v) is 3.09. The Hall–Kier alpha value is -2.47. The molecule has 0 fully saturated rings. The van der Waals surface area contributed by atoms with E-state index < -0.39 is 0 Å². The van der Waals surface area contributed by atoms with Crippen LogP contribution < -0.4 is 5.32 Å². The molecule has 106 valence electrons. The van der Waals surface area contributed by atoms with E-state index in [1.807, 2.05) is 25.4 Å². The molecule has 0 bridgehead atoms. The van der Waals surface area contributed by atoms with Crippen molar-refractivity contribution in [2.45, 2.75) is 6.54 Å². The van der Waals surface area contributed by atoms with Crippen molar-refractivity contribution in [1.29, 1.82) is 0 Å². The van der Waals surface area contributed by atoms with Crippen molar-refractivity contribution in [2.24, 2.45) is 7.05 Å². The molecule has 0 radical (unpaired) electrons. The first-order valence-electron chi connectivity index (χ1n) is 6.36. The molecule has 0 atom stereocenters. The first-order valence-corrected chi connectivity index (χ1v) is 6.74. The van der Waals surface area contributed by atoms with E-state index >= 15 is 0 Å². The van der Waals surface area contributed by atoms with E-state index in [4.69, 9.17) is 11.6 Å². The number of hydrogen-bond acceptors (Lipinski definition) is 5. The fourth-order valence-corrected chi connectivity index (χ4v) is 1.98. The van der Waals surface area contributed by atoms with Crippen LogP contribution in [0.15, 0.2) is 43.1 Å². The topological polar surface area (TPSA) is 68.5 Å². The van der Waals surface area contributed by atoms with Crippen molar-refractivity contribution >= 4 is 17.5 Å². The molecule has 1 N–H and O–H groups in total. The Labute approximate surface area is 126 Å². The van der Waals surface area contributed by atoms with E-state index in [1.165, 1.54) is 0 Å². The van der Waals surface area contributed by atoms with Crippen LogP contribution in [-0.4, -0.2) is 24.7 Å². The lowest BCUT2D eigenvalue weighted by atomic mass is 10.1. The van der Waals surface area contributed by atoms with Crippen LogP contribution in [0.2, 0.25) is 5.02 Å². The summed E-state index contributed by atoms with van der Waals surface area (Å²) in [5.74, 6) is 0.541. The average Bonchev–Trinajstić information content (AvgIpc) is 2.94. The summed E-state index contributed by atoms with van der Waals surface area (Å²) in [6, 6.07) is 3.96. The molecule has 0 aliphatic carbocycles. The average molecular weight is 301 g/mol. The van der Waals surface area contributed by atoms with Crippen molar-refractivity contribution in [2.75, 3.05) is 5.32 Å². The fraction of sp³-hybridized carbons (Fsp3) is 0.143. The van der Waals surface area contributed by atoms with Gasteiger partial charge in [0.15, 0.2) is 0 Å². The van der Waals surface area contributed by atoms with E-state index in [-0.39, 0.29) is 0 Å². The first kappa shape index (κ1) is 13.5. The van der Waals surface area contributed by atoms with Crippen LogP contribution in [0.3, 0.4) is 0 Å². The molecule has 3 aromatic rings. The summed E-state index contributed by atoms with van der Waals surface area (Å²) in [4.78, 5) is 12.5. The van der Waals surface area contributed by atoms with Gasteiger partial charge in [-0.2, -0.15) is 5.10 Å². The summed E-state index contributed by atoms with van der Waals surface area (Å²) in [5, 5.41) is 7.81. The van der Waals surface area contributed by atoms with Crippen LogP contribution in [0.1, 0.15) is 5.56 Å². The smallest absolute Gasteiger partial charge is 0.222 e. The Bertz CT molecular complexity index is 737. The lowest BCUT2D eigenvalue weighted by Gasteiger charge is -2.05. The summed E-state index contributed by atoms with van der Waals surface area (Å²) < 4.78 is 1.75. The zero-order valence-electron chi connectivity index (χ0n) is 11.4. The lowest BCUT2D eigenvalue weighted by Crippen LogP contribution is -2.03. The van der Waals surface area contributed by atoms with Crippen molar-refractivity contribution in [3.63, 3.8) is 0 Å². The summed E-state index contributed by atoms with van der Waals surface area (Å²) in [5.41, 5.74) is 2.96. The highest BCUT2D eigenvalue weighted by Gasteiger charge is 2.04. The van der Waals surface area contributed by atoms with Crippen molar-refractivity contribution in [1.82, 2.24) is 24.7 Å². The molecule has 0 spiro atoms. The molecule has 3 aromatic heterocycles. The SMILES string of the molecule is Cn1cc(-c2cc(CNc3ncc(Cl)cn3)ccn2)cn1. The number of nitrogens with zero attached hydrogens (tertiary/aromatic N) is 5. The molecule has 0 aliphatic heterocycles. The van der Waals surface area contributed by atoms with E-state index in [1.54, 1.807) is 29.5 Å². The maximum Gasteiger partial charge on any atom is 0.222 e. The summed E-state index contributed by atoms with van der Waals surface area (Å²) in [6.45, 7) is 0.609. The lowest BCUT2D eigenvalue weighted by molar-refractivity contribution is 0.768. The zero-order valence-corrected chi connectivity index (χ0v) is 12.1. The first-order chi connectivity index (χ1) is 10.2. The fourth-order valence-electron chi connectivity index (χ4n) is 1.88. The predicted molar refractivity (Wildman–Crippen MR) is 80.8 cm³/mol. The number of nitrogens with one attached hydrogen (secondary N) is 1. The van der Waals surface area contributed by atoms with Gasteiger partial charge >= 0.3 is 0 Å². The highest BCUT2D eigenvalue weighted by atomic mass is 35.5. The van der Waals surface area contributed by atoms with Crippen LogP contribution in [0.4, 0.5) is 5.95 Å². The monoisotopic (exact) mass is 300 g/mol. The Morgan fingerprint density at radius 3 is 2.71 bits per heavy atom. The van der Waals surface area contributed by atoms with Gasteiger partial charge in [0.2, 0.25) is 5.95 Å². The minimum absolute atomic E-state index is 0.517. The third-order valence-electron chi connectivity index (χ3n) is 2.90. The van der Waals surface area contributed by atoms with Gasteiger partial charge in [0.1, 0.15) is 0 Å². The second kappa shape index (κ2) is 5.88. The summed E-state index contributed by atoms with van der Waals surface area (Å²) in [7, 11) is 1.88. The Balaban J connectivity index is 1.73. The number of aromatic nitrogens is 5. The number of pyridine rings is 1. The van der Waals surface area contributed by atoms with Crippen LogP contribution in [0, 0.1) is 0 Å². The highest BCUT2D eigenvalue weighted by molar-refractivity contribution is 6.30.